The molecule has 11 nitrogen and oxygen atoms in total. The molecule has 230 valence electrons. The number of nitrogens with zero attached hydrogens (tertiary/aromatic N) is 4. The summed E-state index contributed by atoms with van der Waals surface area (Å²) in [4.78, 5) is 32.1. The van der Waals surface area contributed by atoms with Gasteiger partial charge in [0.15, 0.2) is 11.6 Å². The Morgan fingerprint density at radius 3 is 2.50 bits per heavy atom. The summed E-state index contributed by atoms with van der Waals surface area (Å²) >= 11 is 0. The fourth-order valence-corrected chi connectivity index (χ4v) is 4.92. The number of hydrazine groups is 1. The number of pyridine rings is 1. The first-order valence-corrected chi connectivity index (χ1v) is 14.0. The summed E-state index contributed by atoms with van der Waals surface area (Å²) in [6.07, 6.45) is 4.44. The molecule has 4 aromatic rings. The first-order chi connectivity index (χ1) is 21.4. The number of nitrogens with one attached hydrogen (secondary N) is 3. The molecule has 1 fully saturated rings. The van der Waals surface area contributed by atoms with Crippen LogP contribution in [0.5, 0.6) is 11.5 Å². The second kappa shape index (κ2) is 14.1. The molecule has 0 aliphatic carbocycles. The maximum Gasteiger partial charge on any atom is 0.284 e. The molecule has 0 bridgehead atoms. The van der Waals surface area contributed by atoms with Crippen molar-refractivity contribution in [2.45, 2.75) is 25.4 Å². The number of likely N-dealkylation sites (tertiary alicyclic amines) is 1. The van der Waals surface area contributed by atoms with Gasteiger partial charge >= 0.3 is 0 Å². The summed E-state index contributed by atoms with van der Waals surface area (Å²) < 4.78 is 48.0. The number of hydrogen-bond acceptors (Lipinski definition) is 9. The van der Waals surface area contributed by atoms with Crippen molar-refractivity contribution in [3.05, 3.63) is 100 Å². The molecule has 1 amide bonds. The summed E-state index contributed by atoms with van der Waals surface area (Å²) in [5.41, 5.74) is 2.52. The van der Waals surface area contributed by atoms with Crippen LogP contribution in [0.25, 0.3) is 5.69 Å². The molecule has 2 aromatic carbocycles. The average molecular weight is 609 g/mol. The molecule has 3 heterocycles. The predicted molar refractivity (Wildman–Crippen MR) is 159 cm³/mol. The van der Waals surface area contributed by atoms with Gasteiger partial charge in [-0.05, 0) is 74.5 Å². The van der Waals surface area contributed by atoms with Crippen molar-refractivity contribution in [3.63, 3.8) is 0 Å². The molecule has 0 saturated carbocycles. The zero-order valence-corrected chi connectivity index (χ0v) is 23.6. The van der Waals surface area contributed by atoms with E-state index in [1.807, 2.05) is 0 Å². The molecule has 0 atom stereocenters. The van der Waals surface area contributed by atoms with Gasteiger partial charge in [0.05, 0.1) is 11.3 Å². The van der Waals surface area contributed by atoms with Crippen molar-refractivity contribution < 1.29 is 22.7 Å². The van der Waals surface area contributed by atoms with Crippen LogP contribution in [0.2, 0.25) is 0 Å². The molecule has 2 aromatic heterocycles. The number of amides is 1. The lowest BCUT2D eigenvalue weighted by molar-refractivity contribution is 0.102. The first-order valence-electron chi connectivity index (χ1n) is 14.0. The minimum atomic E-state index is -0.780. The number of rotatable bonds is 11. The molecular formula is C30H31F3N8O3. The molecule has 0 radical (unpaired) electrons. The van der Waals surface area contributed by atoms with Crippen LogP contribution in [0.1, 0.15) is 28.8 Å². The van der Waals surface area contributed by atoms with Gasteiger partial charge in [0.1, 0.15) is 29.6 Å². The van der Waals surface area contributed by atoms with Gasteiger partial charge in [0.25, 0.3) is 11.5 Å². The van der Waals surface area contributed by atoms with E-state index in [9.17, 15) is 18.4 Å². The normalized spacial score (nSPS) is 13.9. The number of aromatic nitrogens is 3. The third-order valence-corrected chi connectivity index (χ3v) is 7.28. The monoisotopic (exact) mass is 608 g/mol. The van der Waals surface area contributed by atoms with Crippen LogP contribution in [-0.2, 0) is 6.54 Å². The first kappa shape index (κ1) is 30.7. The summed E-state index contributed by atoms with van der Waals surface area (Å²) in [6, 6.07) is 11.9. The van der Waals surface area contributed by atoms with Gasteiger partial charge in [-0.1, -0.05) is 0 Å². The number of nitrogens with two attached hydrogens (primary N) is 1. The predicted octanol–water partition coefficient (Wildman–Crippen LogP) is 3.76. The Morgan fingerprint density at radius 1 is 1.02 bits per heavy atom. The molecule has 5 N–H and O–H groups in total. The third-order valence-electron chi connectivity index (χ3n) is 7.28. The van der Waals surface area contributed by atoms with Crippen LogP contribution >= 0.6 is 0 Å². The molecular weight excluding hydrogens is 577 g/mol. The highest BCUT2D eigenvalue weighted by atomic mass is 19.1. The van der Waals surface area contributed by atoms with Gasteiger partial charge < -0.3 is 25.7 Å². The number of ether oxygens (including phenoxy) is 1. The molecule has 1 aliphatic rings. The van der Waals surface area contributed by atoms with Crippen LogP contribution in [0.4, 0.5) is 24.7 Å². The van der Waals surface area contributed by atoms with Gasteiger partial charge in [-0.15, -0.1) is 0 Å². The number of benzene rings is 2. The average Bonchev–Trinajstić information content (AvgIpc) is 3.03. The SMILES string of the molecule is NNc1nccc(Oc2ccc(NC(=O)c3ccnn(-c4ccc(F)cc4)c3=O)cc2F)c1CNC1CCN(CCF)CC1. The number of carbonyl (C=O) groups excluding carboxylic acids is 1. The number of piperidine rings is 1. The highest BCUT2D eigenvalue weighted by molar-refractivity contribution is 6.04. The van der Waals surface area contributed by atoms with E-state index in [-0.39, 0.29) is 35.4 Å². The second-order valence-corrected chi connectivity index (χ2v) is 10.1. The largest absolute Gasteiger partial charge is 0.454 e. The smallest absolute Gasteiger partial charge is 0.284 e. The Labute approximate surface area is 250 Å². The van der Waals surface area contributed by atoms with Crippen LogP contribution in [0.15, 0.2) is 71.8 Å². The van der Waals surface area contributed by atoms with Gasteiger partial charge in [-0.25, -0.2) is 24.0 Å². The Balaban J connectivity index is 1.27. The molecule has 14 heteroatoms. The summed E-state index contributed by atoms with van der Waals surface area (Å²) in [5.74, 6) is 4.22. The topological polar surface area (TPSA) is 139 Å². The minimum Gasteiger partial charge on any atom is -0.454 e. The van der Waals surface area contributed by atoms with Crippen LogP contribution < -0.4 is 32.2 Å². The highest BCUT2D eigenvalue weighted by Gasteiger charge is 2.21. The number of carbonyl (C=O) groups is 1. The molecule has 1 aliphatic heterocycles. The molecule has 5 rings (SSSR count). The maximum atomic E-state index is 15.2. The van der Waals surface area contributed by atoms with E-state index in [4.69, 9.17) is 10.6 Å². The van der Waals surface area contributed by atoms with Gasteiger partial charge in [0.2, 0.25) is 0 Å². The van der Waals surface area contributed by atoms with Crippen LogP contribution in [0, 0.1) is 11.6 Å². The van der Waals surface area contributed by atoms with Gasteiger partial charge in [0, 0.05) is 43.3 Å². The van der Waals surface area contributed by atoms with E-state index < -0.39 is 23.1 Å². The Morgan fingerprint density at radius 2 is 1.80 bits per heavy atom. The van der Waals surface area contributed by atoms with E-state index >= 15 is 4.39 Å². The van der Waals surface area contributed by atoms with Gasteiger partial charge in [-0.2, -0.15) is 9.78 Å². The van der Waals surface area contributed by atoms with Crippen molar-refractivity contribution in [2.24, 2.45) is 5.84 Å². The maximum absolute atomic E-state index is 15.2. The number of nitrogen functional groups attached to an aromatic ring is 1. The summed E-state index contributed by atoms with van der Waals surface area (Å²) in [7, 11) is 0. The van der Waals surface area contributed by atoms with Crippen molar-refractivity contribution in [2.75, 3.05) is 37.1 Å². The van der Waals surface area contributed by atoms with E-state index in [0.717, 1.165) is 36.7 Å². The number of hydrogen-bond donors (Lipinski definition) is 4. The van der Waals surface area contributed by atoms with E-state index in [2.05, 4.69) is 31.0 Å². The zero-order valence-electron chi connectivity index (χ0n) is 23.6. The Hall–Kier alpha value is -4.79. The van der Waals surface area contributed by atoms with E-state index in [0.29, 0.717) is 30.2 Å². The standard InChI is InChI=1S/C30H31F3N8O3/c31-11-16-40-14-9-20(10-15-40)36-18-24-26(8-12-35-28(24)39-34)44-27-6-3-21(17-25(27)33)38-29(42)23-7-13-37-41(30(23)43)22-4-1-19(32)2-5-22/h1-8,12-13,17,20,36H,9-11,14-16,18,34H2,(H,35,39)(H,38,42). The fourth-order valence-electron chi connectivity index (χ4n) is 4.92. The number of alkyl halides is 1. The summed E-state index contributed by atoms with van der Waals surface area (Å²) in [5, 5.41) is 9.92. The molecule has 0 unspecified atom stereocenters. The van der Waals surface area contributed by atoms with Crippen molar-refractivity contribution >= 4 is 17.4 Å². The molecule has 0 spiro atoms. The van der Waals surface area contributed by atoms with Gasteiger partial charge in [-0.3, -0.25) is 9.59 Å². The van der Waals surface area contributed by atoms with Crippen LogP contribution in [-0.4, -0.2) is 57.9 Å². The molecule has 44 heavy (non-hydrogen) atoms. The lowest BCUT2D eigenvalue weighted by atomic mass is 10.0. The lowest BCUT2D eigenvalue weighted by Gasteiger charge is -2.32. The van der Waals surface area contributed by atoms with E-state index in [1.54, 1.807) is 6.07 Å². The van der Waals surface area contributed by atoms with E-state index in [1.165, 1.54) is 54.9 Å². The quantitative estimate of drug-likeness (QED) is 0.148. The Bertz CT molecular complexity index is 1660. The fraction of sp³-hybridized carbons (Fsp3) is 0.267. The van der Waals surface area contributed by atoms with Crippen molar-refractivity contribution in [1.82, 2.24) is 25.0 Å². The minimum absolute atomic E-state index is 0.0874. The molecule has 1 saturated heterocycles. The number of anilines is 2. The van der Waals surface area contributed by atoms with Crippen molar-refractivity contribution in [3.8, 4) is 17.2 Å². The highest BCUT2D eigenvalue weighted by Crippen LogP contribution is 2.32. The lowest BCUT2D eigenvalue weighted by Crippen LogP contribution is -2.43. The van der Waals surface area contributed by atoms with Crippen LogP contribution in [0.3, 0.4) is 0 Å². The summed E-state index contributed by atoms with van der Waals surface area (Å²) in [6.45, 7) is 1.99. The zero-order chi connectivity index (χ0) is 31.1. The van der Waals surface area contributed by atoms with Crippen molar-refractivity contribution in [1.29, 1.82) is 0 Å². The number of halogens is 3. The second-order valence-electron chi connectivity index (χ2n) is 10.1. The Kier molecular flexibility index (Phi) is 9.84. The third kappa shape index (κ3) is 7.22.